The van der Waals surface area contributed by atoms with Gasteiger partial charge in [-0.3, -0.25) is 4.79 Å². The number of methoxy groups -OCH3 is 1. The predicted molar refractivity (Wildman–Crippen MR) is 131 cm³/mol. The third-order valence-corrected chi connectivity index (χ3v) is 5.50. The van der Waals surface area contributed by atoms with Crippen molar-refractivity contribution in [1.82, 2.24) is 24.8 Å². The van der Waals surface area contributed by atoms with Crippen LogP contribution in [0.2, 0.25) is 0 Å². The molecule has 5 aromatic rings. The maximum absolute atomic E-state index is 11.8. The van der Waals surface area contributed by atoms with E-state index in [1.54, 1.807) is 22.7 Å². The molecule has 8 heteroatoms. The zero-order valence-corrected chi connectivity index (χ0v) is 19.1. The highest BCUT2D eigenvalue weighted by atomic mass is 16.5. The fraction of sp³-hybridized carbons (Fsp3) is 0.111. The third kappa shape index (κ3) is 4.96. The second-order valence-corrected chi connectivity index (χ2v) is 7.87. The van der Waals surface area contributed by atoms with Crippen LogP contribution in [-0.4, -0.2) is 38.2 Å². The summed E-state index contributed by atoms with van der Waals surface area (Å²) in [5.41, 5.74) is 4.42. The zero-order valence-electron chi connectivity index (χ0n) is 19.1. The van der Waals surface area contributed by atoms with E-state index in [0.717, 1.165) is 28.8 Å². The van der Waals surface area contributed by atoms with Gasteiger partial charge in [-0.15, -0.1) is 5.10 Å². The van der Waals surface area contributed by atoms with Crippen LogP contribution in [0.15, 0.2) is 91.3 Å². The van der Waals surface area contributed by atoms with Gasteiger partial charge >= 0.3 is 0 Å². The predicted octanol–water partition coefficient (Wildman–Crippen LogP) is 4.58. The monoisotopic (exact) mass is 465 g/mol. The molecule has 0 unspecified atom stereocenters. The van der Waals surface area contributed by atoms with E-state index in [2.05, 4.69) is 15.4 Å². The first-order valence-corrected chi connectivity index (χ1v) is 11.1. The minimum absolute atomic E-state index is 0.232. The van der Waals surface area contributed by atoms with Crippen LogP contribution in [0.5, 0.6) is 11.5 Å². The molecule has 0 fully saturated rings. The maximum Gasteiger partial charge on any atom is 0.153 e. The molecule has 0 radical (unpaired) electrons. The zero-order chi connectivity index (χ0) is 24.0. The fourth-order valence-corrected chi connectivity index (χ4v) is 3.74. The van der Waals surface area contributed by atoms with Crippen LogP contribution in [0.3, 0.4) is 0 Å². The molecule has 0 spiro atoms. The summed E-state index contributed by atoms with van der Waals surface area (Å²) >= 11 is 0. The quantitative estimate of drug-likeness (QED) is 0.296. The average Bonchev–Trinajstić information content (AvgIpc) is 3.55. The van der Waals surface area contributed by atoms with Gasteiger partial charge in [-0.2, -0.15) is 5.10 Å². The van der Waals surface area contributed by atoms with Gasteiger partial charge in [-0.1, -0.05) is 47.7 Å². The molecule has 0 atom stereocenters. The van der Waals surface area contributed by atoms with E-state index in [1.165, 1.54) is 0 Å². The van der Waals surface area contributed by atoms with Crippen LogP contribution in [0.1, 0.15) is 21.6 Å². The molecule has 0 N–H and O–H groups in total. The Hall–Kier alpha value is -4.72. The SMILES string of the molecule is COc1ccc(Cn2cc(COc3ccccc3-c3nn(-c4ccccc4)cc3C=O)nn2)cc1. The molecule has 0 bridgehead atoms. The molecule has 0 saturated carbocycles. The Labute approximate surface area is 202 Å². The Morgan fingerprint density at radius 3 is 2.46 bits per heavy atom. The van der Waals surface area contributed by atoms with Crippen LogP contribution in [0.4, 0.5) is 0 Å². The van der Waals surface area contributed by atoms with Crippen LogP contribution in [-0.2, 0) is 13.2 Å². The molecule has 0 amide bonds. The van der Waals surface area contributed by atoms with Gasteiger partial charge in [-0.25, -0.2) is 9.36 Å². The normalized spacial score (nSPS) is 10.8. The number of rotatable bonds is 9. The molecule has 5 rings (SSSR count). The molecule has 174 valence electrons. The van der Waals surface area contributed by atoms with Gasteiger partial charge in [0.15, 0.2) is 6.29 Å². The van der Waals surface area contributed by atoms with E-state index in [1.807, 2.05) is 85.1 Å². The standard InChI is InChI=1S/C27H23N5O3/c1-34-24-13-11-20(12-14-24)15-31-17-22(28-30-31)19-35-26-10-6-5-9-25(26)27-21(18-33)16-32(29-27)23-7-3-2-4-8-23/h2-14,16-18H,15,19H2,1H3. The molecule has 35 heavy (non-hydrogen) atoms. The second kappa shape index (κ2) is 10.0. The Balaban J connectivity index is 1.33. The highest BCUT2D eigenvalue weighted by Gasteiger charge is 2.16. The first-order chi connectivity index (χ1) is 17.2. The highest BCUT2D eigenvalue weighted by molar-refractivity contribution is 5.87. The van der Waals surface area contributed by atoms with Crippen molar-refractivity contribution in [1.29, 1.82) is 0 Å². The minimum atomic E-state index is 0.232. The molecule has 2 aromatic heterocycles. The van der Waals surface area contributed by atoms with E-state index in [-0.39, 0.29) is 6.61 Å². The highest BCUT2D eigenvalue weighted by Crippen LogP contribution is 2.31. The van der Waals surface area contributed by atoms with Crippen molar-refractivity contribution in [3.8, 4) is 28.4 Å². The molecule has 0 saturated heterocycles. The Morgan fingerprint density at radius 2 is 1.69 bits per heavy atom. The van der Waals surface area contributed by atoms with Crippen LogP contribution >= 0.6 is 0 Å². The number of hydrogen-bond donors (Lipinski definition) is 0. The topological polar surface area (TPSA) is 84.1 Å². The smallest absolute Gasteiger partial charge is 0.153 e. The molecular formula is C27H23N5O3. The molecule has 3 aromatic carbocycles. The van der Waals surface area contributed by atoms with Gasteiger partial charge in [-0.05, 0) is 42.0 Å². The van der Waals surface area contributed by atoms with Gasteiger partial charge in [0, 0.05) is 11.8 Å². The van der Waals surface area contributed by atoms with Gasteiger partial charge < -0.3 is 9.47 Å². The number of nitrogens with zero attached hydrogens (tertiary/aromatic N) is 5. The number of para-hydroxylation sites is 2. The number of benzene rings is 3. The summed E-state index contributed by atoms with van der Waals surface area (Å²) in [6.07, 6.45) is 4.39. The van der Waals surface area contributed by atoms with Crippen LogP contribution in [0, 0.1) is 0 Å². The molecule has 0 aliphatic carbocycles. The van der Waals surface area contributed by atoms with E-state index >= 15 is 0 Å². The fourth-order valence-electron chi connectivity index (χ4n) is 3.74. The lowest BCUT2D eigenvalue weighted by Gasteiger charge is -2.09. The largest absolute Gasteiger partial charge is 0.497 e. The van der Waals surface area contributed by atoms with Crippen molar-refractivity contribution in [3.63, 3.8) is 0 Å². The average molecular weight is 466 g/mol. The van der Waals surface area contributed by atoms with E-state index in [9.17, 15) is 4.79 Å². The van der Waals surface area contributed by atoms with E-state index < -0.39 is 0 Å². The molecule has 0 aliphatic rings. The van der Waals surface area contributed by atoms with Crippen molar-refractivity contribution in [2.24, 2.45) is 0 Å². The van der Waals surface area contributed by atoms with Crippen LogP contribution in [0.25, 0.3) is 16.9 Å². The molecular weight excluding hydrogens is 442 g/mol. The summed E-state index contributed by atoms with van der Waals surface area (Å²) in [6, 6.07) is 25.0. The van der Waals surface area contributed by atoms with Gasteiger partial charge in [0.2, 0.25) is 0 Å². The summed E-state index contributed by atoms with van der Waals surface area (Å²) in [6.45, 7) is 0.822. The van der Waals surface area contributed by atoms with Crippen molar-refractivity contribution >= 4 is 6.29 Å². The Bertz CT molecular complexity index is 1430. The van der Waals surface area contributed by atoms with Gasteiger partial charge in [0.05, 0.1) is 31.1 Å². The lowest BCUT2D eigenvalue weighted by Crippen LogP contribution is -2.00. The molecule has 8 nitrogen and oxygen atoms in total. The first kappa shape index (κ1) is 22.1. The number of hydrogen-bond acceptors (Lipinski definition) is 6. The van der Waals surface area contributed by atoms with Gasteiger partial charge in [0.1, 0.15) is 29.5 Å². The molecule has 0 aliphatic heterocycles. The number of aldehydes is 1. The van der Waals surface area contributed by atoms with Gasteiger partial charge in [0.25, 0.3) is 0 Å². The van der Waals surface area contributed by atoms with Crippen molar-refractivity contribution < 1.29 is 14.3 Å². The maximum atomic E-state index is 11.8. The van der Waals surface area contributed by atoms with Crippen LogP contribution < -0.4 is 9.47 Å². The molecule has 2 heterocycles. The number of aromatic nitrogens is 5. The van der Waals surface area contributed by atoms with Crippen molar-refractivity contribution in [3.05, 3.63) is 108 Å². The second-order valence-electron chi connectivity index (χ2n) is 7.87. The lowest BCUT2D eigenvalue weighted by molar-refractivity contribution is 0.112. The van der Waals surface area contributed by atoms with Crippen molar-refractivity contribution in [2.45, 2.75) is 13.2 Å². The summed E-state index contributed by atoms with van der Waals surface area (Å²) in [7, 11) is 1.64. The number of carbonyl (C=O) groups is 1. The van der Waals surface area contributed by atoms with E-state index in [4.69, 9.17) is 9.47 Å². The summed E-state index contributed by atoms with van der Waals surface area (Å²) < 4.78 is 14.7. The lowest BCUT2D eigenvalue weighted by atomic mass is 10.1. The third-order valence-electron chi connectivity index (χ3n) is 5.50. The van der Waals surface area contributed by atoms with E-state index in [0.29, 0.717) is 29.2 Å². The summed E-state index contributed by atoms with van der Waals surface area (Å²) in [5, 5.41) is 13.1. The first-order valence-electron chi connectivity index (χ1n) is 11.1. The number of ether oxygens (including phenoxy) is 2. The Kier molecular flexibility index (Phi) is 6.34. The Morgan fingerprint density at radius 1 is 0.914 bits per heavy atom. The van der Waals surface area contributed by atoms with Crippen molar-refractivity contribution in [2.75, 3.05) is 7.11 Å². The minimum Gasteiger partial charge on any atom is -0.497 e. The summed E-state index contributed by atoms with van der Waals surface area (Å²) in [4.78, 5) is 11.8. The summed E-state index contributed by atoms with van der Waals surface area (Å²) in [5.74, 6) is 1.42. The number of carbonyl (C=O) groups excluding carboxylic acids is 1.